The average molecular weight is 507 g/mol. The molecule has 2 atom stereocenters. The van der Waals surface area contributed by atoms with Crippen LogP contribution < -0.4 is 10.7 Å². The molecule has 0 bridgehead atoms. The number of halogens is 2. The molecule has 2 heterocycles. The van der Waals surface area contributed by atoms with Crippen molar-refractivity contribution < 1.29 is 18.1 Å². The predicted molar refractivity (Wildman–Crippen MR) is 135 cm³/mol. The SMILES string of the molecule is C[C@H]1C[C@]1(c1noc(=O)[nH]1)n1c(C(=O)N(C)c2ccccc2)c(C2CCC(F)(F)CC2)c2ccccc21. The zero-order chi connectivity index (χ0) is 25.9. The minimum absolute atomic E-state index is 0.0566. The first kappa shape index (κ1) is 23.6. The van der Waals surface area contributed by atoms with Gasteiger partial charge in [0.1, 0.15) is 11.2 Å². The van der Waals surface area contributed by atoms with E-state index in [1.807, 2.05) is 66.1 Å². The van der Waals surface area contributed by atoms with Gasteiger partial charge >= 0.3 is 5.76 Å². The van der Waals surface area contributed by atoms with Crippen LogP contribution in [-0.2, 0) is 5.54 Å². The van der Waals surface area contributed by atoms with Gasteiger partial charge in [-0.3, -0.25) is 14.3 Å². The molecular weight excluding hydrogens is 478 g/mol. The van der Waals surface area contributed by atoms with Crippen molar-refractivity contribution in [2.24, 2.45) is 5.92 Å². The number of H-pyrrole nitrogens is 1. The van der Waals surface area contributed by atoms with Gasteiger partial charge in [-0.15, -0.1) is 0 Å². The standard InChI is InChI=1S/C28H28F2N4O3/c1-17-16-28(17,25-31-26(36)37-32-25)34-21-11-7-6-10-20(21)22(18-12-14-27(29,30)15-13-18)23(34)24(35)33(2)19-8-4-3-5-9-19/h3-11,17-18H,12-16H2,1-2H3,(H,31,32,36)/t17-,28-/m0/s1. The number of hydrogen-bond donors (Lipinski definition) is 1. The molecule has 192 valence electrons. The van der Waals surface area contributed by atoms with Crippen molar-refractivity contribution in [3.63, 3.8) is 0 Å². The topological polar surface area (TPSA) is 84.1 Å². The Hall–Kier alpha value is -3.75. The summed E-state index contributed by atoms with van der Waals surface area (Å²) in [4.78, 5) is 30.7. The zero-order valence-electron chi connectivity index (χ0n) is 20.7. The Morgan fingerprint density at radius 3 is 2.38 bits per heavy atom. The van der Waals surface area contributed by atoms with E-state index >= 15 is 0 Å². The zero-order valence-corrected chi connectivity index (χ0v) is 20.7. The van der Waals surface area contributed by atoms with Gasteiger partial charge in [0.2, 0.25) is 5.92 Å². The highest BCUT2D eigenvalue weighted by Gasteiger charge is 2.59. The molecule has 9 heteroatoms. The third-order valence-corrected chi connectivity index (χ3v) is 8.21. The molecule has 0 aliphatic heterocycles. The van der Waals surface area contributed by atoms with Crippen molar-refractivity contribution in [3.8, 4) is 0 Å². The number of aromatic nitrogens is 3. The summed E-state index contributed by atoms with van der Waals surface area (Å²) in [5, 5.41) is 4.91. The van der Waals surface area contributed by atoms with Gasteiger partial charge in [-0.05, 0) is 54.9 Å². The first-order valence-corrected chi connectivity index (χ1v) is 12.6. The van der Waals surface area contributed by atoms with Gasteiger partial charge in [-0.25, -0.2) is 13.6 Å². The van der Waals surface area contributed by atoms with Crippen LogP contribution in [0.2, 0.25) is 0 Å². The lowest BCUT2D eigenvalue weighted by Gasteiger charge is -2.30. The molecule has 2 fully saturated rings. The molecule has 2 aliphatic rings. The van der Waals surface area contributed by atoms with Crippen molar-refractivity contribution in [3.05, 3.63) is 82.2 Å². The number of rotatable bonds is 5. The Kier molecular flexibility index (Phi) is 5.36. The molecule has 0 saturated heterocycles. The number of anilines is 1. The first-order valence-electron chi connectivity index (χ1n) is 12.6. The van der Waals surface area contributed by atoms with Crippen molar-refractivity contribution in [2.75, 3.05) is 11.9 Å². The highest BCUT2D eigenvalue weighted by Crippen LogP contribution is 2.57. The lowest BCUT2D eigenvalue weighted by Crippen LogP contribution is -2.34. The first-order chi connectivity index (χ1) is 17.7. The molecule has 0 radical (unpaired) electrons. The molecule has 0 spiro atoms. The number of nitrogens with one attached hydrogen (secondary N) is 1. The van der Waals surface area contributed by atoms with Crippen molar-refractivity contribution in [2.45, 2.75) is 56.4 Å². The average Bonchev–Trinajstić information content (AvgIpc) is 3.22. The highest BCUT2D eigenvalue weighted by molar-refractivity contribution is 6.10. The van der Waals surface area contributed by atoms with Gasteiger partial charge in [-0.1, -0.05) is 48.5 Å². The number of hydrogen-bond acceptors (Lipinski definition) is 4. The maximum absolute atomic E-state index is 14.4. The normalized spacial score (nSPS) is 23.3. The minimum Gasteiger partial charge on any atom is -0.322 e. The summed E-state index contributed by atoms with van der Waals surface area (Å²) in [5.74, 6) is -3.36. The van der Waals surface area contributed by atoms with Gasteiger partial charge < -0.3 is 9.47 Å². The second-order valence-corrected chi connectivity index (χ2v) is 10.4. The molecule has 6 rings (SSSR count). The van der Waals surface area contributed by atoms with E-state index in [1.54, 1.807) is 11.9 Å². The van der Waals surface area contributed by atoms with E-state index in [0.717, 1.165) is 22.2 Å². The van der Waals surface area contributed by atoms with Crippen molar-refractivity contribution in [1.82, 2.24) is 14.7 Å². The Labute approximate surface area is 212 Å². The van der Waals surface area contributed by atoms with Crippen LogP contribution in [0.4, 0.5) is 14.5 Å². The number of fused-ring (bicyclic) bond motifs is 1. The number of carbonyl (C=O) groups is 1. The molecule has 2 aromatic heterocycles. The molecular formula is C28H28F2N4O3. The van der Waals surface area contributed by atoms with Crippen molar-refractivity contribution in [1.29, 1.82) is 0 Å². The Morgan fingerprint density at radius 1 is 1.11 bits per heavy atom. The number of amides is 1. The summed E-state index contributed by atoms with van der Waals surface area (Å²) in [7, 11) is 1.72. The van der Waals surface area contributed by atoms with Crippen LogP contribution in [-0.4, -0.2) is 33.6 Å². The molecule has 4 aromatic rings. The van der Waals surface area contributed by atoms with Crippen LogP contribution in [0.3, 0.4) is 0 Å². The summed E-state index contributed by atoms with van der Waals surface area (Å²) in [6, 6.07) is 17.0. The molecule has 1 amide bonds. The maximum Gasteiger partial charge on any atom is 0.438 e. The lowest BCUT2D eigenvalue weighted by atomic mass is 9.81. The fourth-order valence-corrected chi connectivity index (χ4v) is 6.13. The van der Waals surface area contributed by atoms with Crippen LogP contribution in [0.15, 0.2) is 63.9 Å². The predicted octanol–water partition coefficient (Wildman–Crippen LogP) is 5.67. The van der Waals surface area contributed by atoms with E-state index in [0.29, 0.717) is 30.8 Å². The van der Waals surface area contributed by atoms with Crippen LogP contribution in [0.25, 0.3) is 10.9 Å². The fraction of sp³-hybridized carbons (Fsp3) is 0.393. The summed E-state index contributed by atoms with van der Waals surface area (Å²) in [6.07, 6.45) is 0.806. The molecule has 1 N–H and O–H groups in total. The molecule has 2 aliphatic carbocycles. The molecule has 2 saturated carbocycles. The van der Waals surface area contributed by atoms with Gasteiger partial charge in [0.15, 0.2) is 5.82 Å². The van der Waals surface area contributed by atoms with Crippen LogP contribution in [0.5, 0.6) is 0 Å². The number of nitrogens with zero attached hydrogens (tertiary/aromatic N) is 3. The van der Waals surface area contributed by atoms with E-state index in [9.17, 15) is 18.4 Å². The number of aromatic amines is 1. The van der Waals surface area contributed by atoms with Gasteiger partial charge in [-0.2, -0.15) is 0 Å². The van der Waals surface area contributed by atoms with Crippen molar-refractivity contribution >= 4 is 22.5 Å². The van der Waals surface area contributed by atoms with E-state index in [-0.39, 0.29) is 30.6 Å². The maximum atomic E-state index is 14.4. The minimum atomic E-state index is -2.69. The summed E-state index contributed by atoms with van der Waals surface area (Å²) in [6.45, 7) is 2.04. The van der Waals surface area contributed by atoms with Crippen LogP contribution >= 0.6 is 0 Å². The number of alkyl halides is 2. The molecule has 2 aromatic carbocycles. The Morgan fingerprint density at radius 2 is 1.76 bits per heavy atom. The molecule has 37 heavy (non-hydrogen) atoms. The van der Waals surface area contributed by atoms with E-state index in [1.165, 1.54) is 0 Å². The fourth-order valence-electron chi connectivity index (χ4n) is 6.13. The quantitative estimate of drug-likeness (QED) is 0.378. The van der Waals surface area contributed by atoms with E-state index in [4.69, 9.17) is 4.52 Å². The summed E-state index contributed by atoms with van der Waals surface area (Å²) in [5.41, 5.74) is 2.00. The lowest BCUT2D eigenvalue weighted by molar-refractivity contribution is -0.0381. The monoisotopic (exact) mass is 506 g/mol. The Bertz CT molecular complexity index is 1530. The smallest absolute Gasteiger partial charge is 0.322 e. The summed E-state index contributed by atoms with van der Waals surface area (Å²) < 4.78 is 35.2. The second-order valence-electron chi connectivity index (χ2n) is 10.4. The molecule has 0 unspecified atom stereocenters. The second kappa shape index (κ2) is 8.39. The number of carbonyl (C=O) groups excluding carboxylic acids is 1. The van der Waals surface area contributed by atoms with E-state index in [2.05, 4.69) is 10.1 Å². The Balaban J connectivity index is 1.62. The van der Waals surface area contributed by atoms with Crippen LogP contribution in [0, 0.1) is 5.92 Å². The van der Waals surface area contributed by atoms with Gasteiger partial charge in [0.05, 0.1) is 0 Å². The number of benzene rings is 2. The highest BCUT2D eigenvalue weighted by atomic mass is 19.3. The van der Waals surface area contributed by atoms with E-state index < -0.39 is 17.2 Å². The molecule has 7 nitrogen and oxygen atoms in total. The number of para-hydroxylation sites is 2. The largest absolute Gasteiger partial charge is 0.438 e. The summed E-state index contributed by atoms with van der Waals surface area (Å²) >= 11 is 0. The van der Waals surface area contributed by atoms with Gasteiger partial charge in [0.25, 0.3) is 5.91 Å². The van der Waals surface area contributed by atoms with Gasteiger partial charge in [0, 0.05) is 36.5 Å². The van der Waals surface area contributed by atoms with Crippen LogP contribution in [0.1, 0.15) is 66.8 Å². The third-order valence-electron chi connectivity index (χ3n) is 8.21. The third kappa shape index (κ3) is 3.70.